The van der Waals surface area contributed by atoms with Crippen molar-refractivity contribution >= 4 is 12.1 Å². The fourth-order valence-corrected chi connectivity index (χ4v) is 2.52. The van der Waals surface area contributed by atoms with Crippen LogP contribution in [0.5, 0.6) is 0 Å². The van der Waals surface area contributed by atoms with Crippen LogP contribution in [0.2, 0.25) is 0 Å². The van der Waals surface area contributed by atoms with Gasteiger partial charge in [0.25, 0.3) is 0 Å². The summed E-state index contributed by atoms with van der Waals surface area (Å²) in [5.74, 6) is 0.369. The molecule has 1 amide bonds. The summed E-state index contributed by atoms with van der Waals surface area (Å²) in [4.78, 5) is 25.7. The molecule has 2 rings (SSSR count). The average molecular weight is 324 g/mol. The van der Waals surface area contributed by atoms with E-state index >= 15 is 0 Å². The number of amides is 1. The topological polar surface area (TPSA) is 81.0 Å². The Kier molecular flexibility index (Phi) is 5.30. The predicted molar refractivity (Wildman–Crippen MR) is 82.7 cm³/mol. The number of hydrogen-bond donors (Lipinski definition) is 1. The highest BCUT2D eigenvalue weighted by Crippen LogP contribution is 2.22. The summed E-state index contributed by atoms with van der Waals surface area (Å²) < 4.78 is 15.5. The second-order valence-corrected chi connectivity index (χ2v) is 6.56. The maximum atomic E-state index is 12.3. The molecule has 1 aliphatic rings. The van der Waals surface area contributed by atoms with E-state index in [2.05, 4.69) is 5.32 Å². The van der Waals surface area contributed by atoms with Crippen molar-refractivity contribution in [3.05, 3.63) is 24.2 Å². The number of carbonyl (C=O) groups is 2. The van der Waals surface area contributed by atoms with Crippen LogP contribution in [0, 0.1) is 0 Å². The molecular formula is C16H24N2O5. The van der Waals surface area contributed by atoms with Crippen LogP contribution in [0.1, 0.15) is 33.0 Å². The first-order chi connectivity index (χ1) is 10.8. The highest BCUT2D eigenvalue weighted by Gasteiger charge is 2.42. The molecular weight excluding hydrogens is 300 g/mol. The summed E-state index contributed by atoms with van der Waals surface area (Å²) in [5.41, 5.74) is -0.614. The number of methoxy groups -OCH3 is 1. The third-order valence-corrected chi connectivity index (χ3v) is 3.55. The van der Waals surface area contributed by atoms with Gasteiger partial charge in [-0.15, -0.1) is 0 Å². The summed E-state index contributed by atoms with van der Waals surface area (Å²) in [6, 6.07) is 3.02. The predicted octanol–water partition coefficient (Wildman–Crippen LogP) is 1.92. The Morgan fingerprint density at radius 1 is 1.43 bits per heavy atom. The maximum Gasteiger partial charge on any atom is 0.411 e. The van der Waals surface area contributed by atoms with Gasteiger partial charge in [0.05, 0.1) is 19.9 Å². The van der Waals surface area contributed by atoms with Gasteiger partial charge >= 0.3 is 12.1 Å². The molecule has 2 atom stereocenters. The van der Waals surface area contributed by atoms with Crippen molar-refractivity contribution in [2.45, 2.75) is 51.4 Å². The summed E-state index contributed by atoms with van der Waals surface area (Å²) in [6.45, 7) is 6.30. The molecule has 1 fully saturated rings. The second-order valence-electron chi connectivity index (χ2n) is 6.56. The minimum absolute atomic E-state index is 0.0308. The van der Waals surface area contributed by atoms with E-state index < -0.39 is 23.7 Å². The number of esters is 1. The lowest BCUT2D eigenvalue weighted by atomic mass is 10.1. The maximum absolute atomic E-state index is 12.3. The van der Waals surface area contributed by atoms with Crippen molar-refractivity contribution in [3.63, 3.8) is 0 Å². The first-order valence-corrected chi connectivity index (χ1v) is 7.63. The van der Waals surface area contributed by atoms with E-state index in [9.17, 15) is 9.59 Å². The van der Waals surface area contributed by atoms with Crippen LogP contribution in [0.3, 0.4) is 0 Å². The minimum Gasteiger partial charge on any atom is -0.468 e. The Labute approximate surface area is 135 Å². The van der Waals surface area contributed by atoms with Crippen LogP contribution >= 0.6 is 0 Å². The molecule has 7 nitrogen and oxygen atoms in total. The lowest BCUT2D eigenvalue weighted by Crippen LogP contribution is -2.44. The number of hydrogen-bond acceptors (Lipinski definition) is 6. The largest absolute Gasteiger partial charge is 0.468 e. The molecule has 0 aromatic carbocycles. The van der Waals surface area contributed by atoms with Crippen LogP contribution in [-0.4, -0.2) is 48.3 Å². The highest BCUT2D eigenvalue weighted by atomic mass is 16.6. The van der Waals surface area contributed by atoms with Crippen molar-refractivity contribution in [2.75, 3.05) is 13.7 Å². The Morgan fingerprint density at radius 3 is 2.74 bits per heavy atom. The average Bonchev–Trinajstić information content (AvgIpc) is 3.11. The highest BCUT2D eigenvalue weighted by molar-refractivity contribution is 5.82. The van der Waals surface area contributed by atoms with Gasteiger partial charge in [-0.3, -0.25) is 4.90 Å². The number of ether oxygens (including phenoxy) is 2. The Balaban J connectivity index is 2.00. The molecule has 1 aromatic heterocycles. The summed E-state index contributed by atoms with van der Waals surface area (Å²) in [7, 11) is 1.32. The van der Waals surface area contributed by atoms with E-state index in [4.69, 9.17) is 13.9 Å². The zero-order valence-corrected chi connectivity index (χ0v) is 14.0. The number of furan rings is 1. The molecule has 0 spiro atoms. The number of carbonyl (C=O) groups excluding carboxylic acids is 2. The SMILES string of the molecule is COC(=O)C1CC(NCc2ccco2)CN1C(=O)OC(C)(C)C. The number of rotatable bonds is 4. The van der Waals surface area contributed by atoms with Gasteiger partial charge in [-0.1, -0.05) is 0 Å². The molecule has 0 bridgehead atoms. The molecule has 1 aliphatic heterocycles. The van der Waals surface area contributed by atoms with Crippen LogP contribution in [0.4, 0.5) is 4.79 Å². The van der Waals surface area contributed by atoms with Gasteiger partial charge < -0.3 is 19.2 Å². The standard InChI is InChI=1S/C16H24N2O5/c1-16(2,3)23-15(20)18-10-11(8-13(18)14(19)21-4)17-9-12-6-5-7-22-12/h5-7,11,13,17H,8-10H2,1-4H3. The van der Waals surface area contributed by atoms with Crippen molar-refractivity contribution < 1.29 is 23.5 Å². The van der Waals surface area contributed by atoms with Gasteiger partial charge in [0.15, 0.2) is 0 Å². The smallest absolute Gasteiger partial charge is 0.411 e. The second kappa shape index (κ2) is 7.04. The molecule has 23 heavy (non-hydrogen) atoms. The molecule has 7 heteroatoms. The Hall–Kier alpha value is -2.02. The molecule has 1 aromatic rings. The summed E-state index contributed by atoms with van der Waals surface area (Å²) in [6.07, 6.45) is 1.58. The van der Waals surface area contributed by atoms with Gasteiger partial charge in [-0.2, -0.15) is 0 Å². The molecule has 0 radical (unpaired) electrons. The van der Waals surface area contributed by atoms with E-state index in [-0.39, 0.29) is 6.04 Å². The van der Waals surface area contributed by atoms with Crippen LogP contribution < -0.4 is 5.32 Å². The van der Waals surface area contributed by atoms with E-state index in [1.54, 1.807) is 27.0 Å². The Bertz CT molecular complexity index is 535. The van der Waals surface area contributed by atoms with Crippen molar-refractivity contribution in [1.82, 2.24) is 10.2 Å². The van der Waals surface area contributed by atoms with Gasteiger partial charge in [0, 0.05) is 12.6 Å². The third-order valence-electron chi connectivity index (χ3n) is 3.55. The van der Waals surface area contributed by atoms with E-state index in [0.29, 0.717) is 19.5 Å². The fraction of sp³-hybridized carbons (Fsp3) is 0.625. The first kappa shape index (κ1) is 17.3. The molecule has 1 N–H and O–H groups in total. The minimum atomic E-state index is -0.635. The summed E-state index contributed by atoms with van der Waals surface area (Å²) in [5, 5.41) is 3.29. The molecule has 0 saturated carbocycles. The van der Waals surface area contributed by atoms with Crippen molar-refractivity contribution in [1.29, 1.82) is 0 Å². The lowest BCUT2D eigenvalue weighted by Gasteiger charge is -2.27. The molecule has 1 saturated heterocycles. The summed E-state index contributed by atoms with van der Waals surface area (Å²) >= 11 is 0. The van der Waals surface area contributed by atoms with Crippen LogP contribution in [0.15, 0.2) is 22.8 Å². The lowest BCUT2D eigenvalue weighted by molar-refractivity contribution is -0.145. The quantitative estimate of drug-likeness (QED) is 0.852. The molecule has 128 valence electrons. The molecule has 2 heterocycles. The normalized spacial score (nSPS) is 21.3. The molecule has 0 aliphatic carbocycles. The number of likely N-dealkylation sites (tertiary alicyclic amines) is 1. The number of nitrogens with zero attached hydrogens (tertiary/aromatic N) is 1. The fourth-order valence-electron chi connectivity index (χ4n) is 2.52. The van der Waals surface area contributed by atoms with E-state index in [0.717, 1.165) is 5.76 Å². The number of nitrogens with one attached hydrogen (secondary N) is 1. The first-order valence-electron chi connectivity index (χ1n) is 7.63. The Morgan fingerprint density at radius 2 is 2.17 bits per heavy atom. The zero-order valence-electron chi connectivity index (χ0n) is 14.0. The third kappa shape index (κ3) is 4.72. The molecule has 2 unspecified atom stereocenters. The monoisotopic (exact) mass is 324 g/mol. The van der Waals surface area contributed by atoms with Crippen molar-refractivity contribution in [2.24, 2.45) is 0 Å². The van der Waals surface area contributed by atoms with Crippen LogP contribution in [-0.2, 0) is 20.8 Å². The van der Waals surface area contributed by atoms with Gasteiger partial charge in [0.2, 0.25) is 0 Å². The van der Waals surface area contributed by atoms with Crippen LogP contribution in [0.25, 0.3) is 0 Å². The zero-order chi connectivity index (χ0) is 17.0. The van der Waals surface area contributed by atoms with Crippen molar-refractivity contribution in [3.8, 4) is 0 Å². The van der Waals surface area contributed by atoms with Gasteiger partial charge in [-0.05, 0) is 39.3 Å². The van der Waals surface area contributed by atoms with E-state index in [1.807, 2.05) is 12.1 Å². The van der Waals surface area contributed by atoms with Gasteiger partial charge in [0.1, 0.15) is 17.4 Å². The van der Waals surface area contributed by atoms with E-state index in [1.165, 1.54) is 12.0 Å². The van der Waals surface area contributed by atoms with Gasteiger partial charge in [-0.25, -0.2) is 9.59 Å².